The van der Waals surface area contributed by atoms with Crippen LogP contribution in [0.3, 0.4) is 0 Å². The number of esters is 1. The zero-order valence-electron chi connectivity index (χ0n) is 5.56. The highest BCUT2D eigenvalue weighted by Gasteiger charge is 2.22. The maximum absolute atomic E-state index is 10.9. The van der Waals surface area contributed by atoms with Gasteiger partial charge in [0.15, 0.2) is 0 Å². The van der Waals surface area contributed by atoms with Gasteiger partial charge in [-0.3, -0.25) is 0 Å². The van der Waals surface area contributed by atoms with Crippen LogP contribution < -0.4 is 0 Å². The van der Waals surface area contributed by atoms with Crippen LogP contribution in [0.2, 0.25) is 5.02 Å². The lowest BCUT2D eigenvalue weighted by molar-refractivity contribution is 0.0535. The van der Waals surface area contributed by atoms with Gasteiger partial charge in [0, 0.05) is 11.6 Å². The van der Waals surface area contributed by atoms with E-state index in [0.717, 1.165) is 5.56 Å². The van der Waals surface area contributed by atoms with E-state index in [1.165, 1.54) is 0 Å². The largest absolute Gasteiger partial charge is 0.457 e. The summed E-state index contributed by atoms with van der Waals surface area (Å²) in [5.74, 6) is -0.295. The van der Waals surface area contributed by atoms with Crippen LogP contribution in [0.4, 0.5) is 0 Å². The molecule has 0 fully saturated rings. The molecule has 2 rings (SSSR count). The van der Waals surface area contributed by atoms with E-state index < -0.39 is 0 Å². The molecular formula is C8H4ClO2. The summed E-state index contributed by atoms with van der Waals surface area (Å²) in [5, 5.41) is 0.480. The van der Waals surface area contributed by atoms with Gasteiger partial charge < -0.3 is 4.74 Å². The van der Waals surface area contributed by atoms with E-state index in [-0.39, 0.29) is 12.6 Å². The summed E-state index contributed by atoms with van der Waals surface area (Å²) in [5.41, 5.74) is 1.31. The predicted molar refractivity (Wildman–Crippen MR) is 39.4 cm³/mol. The number of carbonyl (C=O) groups excluding carboxylic acids is 1. The van der Waals surface area contributed by atoms with Crippen LogP contribution in [-0.2, 0) is 11.3 Å². The summed E-state index contributed by atoms with van der Waals surface area (Å²) in [4.78, 5) is 10.9. The van der Waals surface area contributed by atoms with Crippen molar-refractivity contribution in [3.8, 4) is 0 Å². The summed E-state index contributed by atoms with van der Waals surface area (Å²) >= 11 is 5.75. The first-order chi connectivity index (χ1) is 5.29. The summed E-state index contributed by atoms with van der Waals surface area (Å²) in [6.07, 6.45) is 0. The highest BCUT2D eigenvalue weighted by Crippen LogP contribution is 2.25. The third kappa shape index (κ3) is 0.906. The van der Waals surface area contributed by atoms with E-state index in [0.29, 0.717) is 10.6 Å². The molecule has 0 N–H and O–H groups in total. The van der Waals surface area contributed by atoms with Crippen molar-refractivity contribution < 1.29 is 9.53 Å². The lowest BCUT2D eigenvalue weighted by Crippen LogP contribution is -1.92. The number of cyclic esters (lactones) is 1. The molecule has 3 heteroatoms. The second kappa shape index (κ2) is 2.24. The Bertz CT molecular complexity index is 320. The zero-order chi connectivity index (χ0) is 7.84. The van der Waals surface area contributed by atoms with Crippen LogP contribution in [0.5, 0.6) is 0 Å². The minimum atomic E-state index is -0.295. The molecule has 1 radical (unpaired) electrons. The smallest absolute Gasteiger partial charge is 0.338 e. The van der Waals surface area contributed by atoms with Crippen molar-refractivity contribution in [3.63, 3.8) is 0 Å². The number of ether oxygens (including phenoxy) is 1. The number of hydrogen-bond donors (Lipinski definition) is 0. The molecular weight excluding hydrogens is 164 g/mol. The SMILES string of the molecule is O=C1OCc2c(Cl)[c]ccc21. The summed E-state index contributed by atoms with van der Waals surface area (Å²) in [6, 6.07) is 6.07. The Labute approximate surface area is 68.7 Å². The molecule has 0 saturated carbocycles. The molecule has 0 unspecified atom stereocenters. The van der Waals surface area contributed by atoms with E-state index in [9.17, 15) is 4.79 Å². The van der Waals surface area contributed by atoms with Gasteiger partial charge in [0.05, 0.1) is 10.6 Å². The van der Waals surface area contributed by atoms with Crippen molar-refractivity contribution in [3.05, 3.63) is 34.3 Å². The molecule has 0 aromatic heterocycles. The summed E-state index contributed by atoms with van der Waals surface area (Å²) in [7, 11) is 0. The van der Waals surface area contributed by atoms with Gasteiger partial charge in [-0.15, -0.1) is 0 Å². The van der Waals surface area contributed by atoms with Gasteiger partial charge in [-0.1, -0.05) is 17.7 Å². The molecule has 0 amide bonds. The Morgan fingerprint density at radius 2 is 2.45 bits per heavy atom. The molecule has 1 aromatic rings. The van der Waals surface area contributed by atoms with Gasteiger partial charge in [-0.25, -0.2) is 4.79 Å². The topological polar surface area (TPSA) is 26.3 Å². The first-order valence-corrected chi connectivity index (χ1v) is 3.53. The zero-order valence-corrected chi connectivity index (χ0v) is 6.31. The van der Waals surface area contributed by atoms with E-state index >= 15 is 0 Å². The second-order valence-electron chi connectivity index (χ2n) is 2.26. The monoisotopic (exact) mass is 167 g/mol. The maximum Gasteiger partial charge on any atom is 0.338 e. The fourth-order valence-corrected chi connectivity index (χ4v) is 1.27. The average molecular weight is 168 g/mol. The summed E-state index contributed by atoms with van der Waals surface area (Å²) in [6.45, 7) is 0.282. The van der Waals surface area contributed by atoms with Gasteiger partial charge >= 0.3 is 5.97 Å². The van der Waals surface area contributed by atoms with Crippen LogP contribution in [0.1, 0.15) is 15.9 Å². The Kier molecular flexibility index (Phi) is 1.36. The van der Waals surface area contributed by atoms with Gasteiger partial charge in [-0.05, 0) is 6.07 Å². The average Bonchev–Trinajstić information content (AvgIpc) is 2.35. The molecule has 2 nitrogen and oxygen atoms in total. The Morgan fingerprint density at radius 3 is 3.18 bits per heavy atom. The molecule has 1 aliphatic heterocycles. The van der Waals surface area contributed by atoms with Crippen molar-refractivity contribution in [1.82, 2.24) is 0 Å². The van der Waals surface area contributed by atoms with E-state index in [1.807, 2.05) is 0 Å². The highest BCUT2D eigenvalue weighted by molar-refractivity contribution is 6.31. The van der Waals surface area contributed by atoms with Crippen LogP contribution in [0.25, 0.3) is 0 Å². The maximum atomic E-state index is 10.9. The van der Waals surface area contributed by atoms with E-state index in [1.54, 1.807) is 12.1 Å². The van der Waals surface area contributed by atoms with Crippen LogP contribution in [0, 0.1) is 6.07 Å². The van der Waals surface area contributed by atoms with Gasteiger partial charge in [0.25, 0.3) is 0 Å². The lowest BCUT2D eigenvalue weighted by Gasteiger charge is -1.93. The number of carbonyl (C=O) groups is 1. The third-order valence-corrected chi connectivity index (χ3v) is 1.95. The molecule has 1 aromatic carbocycles. The number of fused-ring (bicyclic) bond motifs is 1. The second-order valence-corrected chi connectivity index (χ2v) is 2.64. The Hall–Kier alpha value is -1.02. The lowest BCUT2D eigenvalue weighted by atomic mass is 10.1. The fraction of sp³-hybridized carbons (Fsp3) is 0.125. The van der Waals surface area contributed by atoms with Gasteiger partial charge in [0.1, 0.15) is 6.61 Å². The minimum absolute atomic E-state index is 0.282. The molecule has 11 heavy (non-hydrogen) atoms. The molecule has 0 bridgehead atoms. The highest BCUT2D eigenvalue weighted by atomic mass is 35.5. The van der Waals surface area contributed by atoms with E-state index in [2.05, 4.69) is 6.07 Å². The quantitative estimate of drug-likeness (QED) is 0.551. The molecule has 1 heterocycles. The van der Waals surface area contributed by atoms with E-state index in [4.69, 9.17) is 16.3 Å². The number of rotatable bonds is 0. The van der Waals surface area contributed by atoms with Crippen LogP contribution >= 0.6 is 11.6 Å². The summed E-state index contributed by atoms with van der Waals surface area (Å²) < 4.78 is 4.76. The first kappa shape index (κ1) is 6.68. The van der Waals surface area contributed by atoms with Crippen molar-refractivity contribution in [2.75, 3.05) is 0 Å². The van der Waals surface area contributed by atoms with Crippen molar-refractivity contribution in [2.45, 2.75) is 6.61 Å². The van der Waals surface area contributed by atoms with Crippen molar-refractivity contribution in [2.24, 2.45) is 0 Å². The standard InChI is InChI=1S/C8H4ClO2/c9-7-3-1-2-5-6(7)4-11-8(5)10/h1-2H,4H2. The third-order valence-electron chi connectivity index (χ3n) is 1.62. The number of benzene rings is 1. The first-order valence-electron chi connectivity index (χ1n) is 3.15. The van der Waals surface area contributed by atoms with Gasteiger partial charge in [-0.2, -0.15) is 0 Å². The molecule has 55 valence electrons. The number of hydrogen-bond acceptors (Lipinski definition) is 2. The number of halogens is 1. The van der Waals surface area contributed by atoms with Crippen LogP contribution in [0.15, 0.2) is 12.1 Å². The minimum Gasteiger partial charge on any atom is -0.457 e. The fourth-order valence-electron chi connectivity index (χ4n) is 1.05. The van der Waals surface area contributed by atoms with Crippen molar-refractivity contribution >= 4 is 17.6 Å². The normalized spacial score (nSPS) is 14.5. The van der Waals surface area contributed by atoms with Crippen LogP contribution in [-0.4, -0.2) is 5.97 Å². The molecule has 1 aliphatic rings. The molecule has 0 spiro atoms. The predicted octanol–water partition coefficient (Wildman–Crippen LogP) is 1.81. The molecule has 0 atom stereocenters. The Balaban J connectivity index is 2.66. The molecule has 0 saturated heterocycles. The molecule has 0 aliphatic carbocycles. The Morgan fingerprint density at radius 1 is 1.64 bits per heavy atom. The van der Waals surface area contributed by atoms with Gasteiger partial charge in [0.2, 0.25) is 0 Å². The van der Waals surface area contributed by atoms with Crippen molar-refractivity contribution in [1.29, 1.82) is 0 Å².